The Hall–Kier alpha value is -1.31. The first kappa shape index (κ1) is 10.8. The third kappa shape index (κ3) is 2.13. The van der Waals surface area contributed by atoms with E-state index in [9.17, 15) is 0 Å². The Morgan fingerprint density at radius 2 is 2.00 bits per heavy atom. The van der Waals surface area contributed by atoms with Gasteiger partial charge in [0.15, 0.2) is 0 Å². The number of nitrogens with zero attached hydrogens (tertiary/aromatic N) is 2. The quantitative estimate of drug-likeness (QED) is 0.674. The molecule has 0 spiro atoms. The average Bonchev–Trinajstić information content (AvgIpc) is 2.62. The molecule has 1 heterocycles. The van der Waals surface area contributed by atoms with E-state index in [1.165, 1.54) is 10.9 Å². The Bertz CT molecular complexity index is 402. The molecule has 0 bridgehead atoms. The zero-order chi connectivity index (χ0) is 10.6. The first-order valence-electron chi connectivity index (χ1n) is 5.23. The molecule has 1 aromatic carbocycles. The van der Waals surface area contributed by atoms with Gasteiger partial charge in [0.25, 0.3) is 0 Å². The van der Waals surface area contributed by atoms with E-state index in [1.807, 2.05) is 18.5 Å². The van der Waals surface area contributed by atoms with E-state index >= 15 is 0 Å². The second kappa shape index (κ2) is 4.80. The third-order valence-corrected chi connectivity index (χ3v) is 2.03. The lowest BCUT2D eigenvalue weighted by molar-refractivity contribution is 0.668. The molecular formula is C12H18N2. The maximum Gasteiger partial charge on any atom is 0.0925 e. The van der Waals surface area contributed by atoms with Crippen molar-refractivity contribution in [2.24, 2.45) is 0 Å². The van der Waals surface area contributed by atoms with E-state index in [2.05, 4.69) is 43.3 Å². The molecule has 0 N–H and O–H groups in total. The molecule has 0 aliphatic carbocycles. The van der Waals surface area contributed by atoms with Gasteiger partial charge in [-0.2, -0.15) is 5.10 Å². The van der Waals surface area contributed by atoms with Crippen LogP contribution in [0.3, 0.4) is 0 Å². The summed E-state index contributed by atoms with van der Waals surface area (Å²) in [5.74, 6) is 0. The van der Waals surface area contributed by atoms with E-state index in [0.29, 0.717) is 0 Å². The van der Waals surface area contributed by atoms with E-state index in [-0.39, 0.29) is 0 Å². The van der Waals surface area contributed by atoms with Crippen molar-refractivity contribution in [1.29, 1.82) is 0 Å². The molecule has 0 aliphatic rings. The molecular weight excluding hydrogens is 172 g/mol. The van der Waals surface area contributed by atoms with Crippen LogP contribution in [0, 0.1) is 6.92 Å². The van der Waals surface area contributed by atoms with Crippen LogP contribution >= 0.6 is 0 Å². The summed E-state index contributed by atoms with van der Waals surface area (Å²) in [5, 5.41) is 5.63. The van der Waals surface area contributed by atoms with Crippen LogP contribution in [0.5, 0.6) is 0 Å². The van der Waals surface area contributed by atoms with E-state index < -0.39 is 0 Å². The van der Waals surface area contributed by atoms with Crippen LogP contribution < -0.4 is 0 Å². The topological polar surface area (TPSA) is 17.8 Å². The van der Waals surface area contributed by atoms with Gasteiger partial charge in [-0.25, -0.2) is 0 Å². The SMILES string of the molecule is CC.CCn1cc2ccc(C)cc2n1. The lowest BCUT2D eigenvalue weighted by atomic mass is 10.2. The third-order valence-electron chi connectivity index (χ3n) is 2.03. The predicted molar refractivity (Wildman–Crippen MR) is 61.5 cm³/mol. The van der Waals surface area contributed by atoms with Crippen molar-refractivity contribution in [2.45, 2.75) is 34.2 Å². The summed E-state index contributed by atoms with van der Waals surface area (Å²) in [7, 11) is 0. The van der Waals surface area contributed by atoms with Crippen LogP contribution in [0.2, 0.25) is 0 Å². The Kier molecular flexibility index (Phi) is 3.69. The Labute approximate surface area is 85.6 Å². The van der Waals surface area contributed by atoms with Gasteiger partial charge in [-0.3, -0.25) is 4.68 Å². The largest absolute Gasteiger partial charge is 0.272 e. The fraction of sp³-hybridized carbons (Fsp3) is 0.417. The molecule has 0 amide bonds. The van der Waals surface area contributed by atoms with Gasteiger partial charge in [0.05, 0.1) is 5.52 Å². The minimum atomic E-state index is 0.938. The van der Waals surface area contributed by atoms with Crippen molar-refractivity contribution in [1.82, 2.24) is 9.78 Å². The first-order chi connectivity index (χ1) is 6.79. The van der Waals surface area contributed by atoms with Crippen LogP contribution in [0.4, 0.5) is 0 Å². The lowest BCUT2D eigenvalue weighted by Gasteiger charge is -1.89. The number of rotatable bonds is 1. The molecule has 0 atom stereocenters. The van der Waals surface area contributed by atoms with Crippen molar-refractivity contribution >= 4 is 10.9 Å². The first-order valence-corrected chi connectivity index (χ1v) is 5.23. The molecule has 2 aromatic rings. The van der Waals surface area contributed by atoms with E-state index in [4.69, 9.17) is 0 Å². The zero-order valence-corrected chi connectivity index (χ0v) is 9.41. The van der Waals surface area contributed by atoms with Crippen molar-refractivity contribution in [3.63, 3.8) is 0 Å². The second-order valence-corrected chi connectivity index (χ2v) is 3.05. The highest BCUT2D eigenvalue weighted by atomic mass is 15.3. The molecule has 0 saturated heterocycles. The molecule has 2 rings (SSSR count). The monoisotopic (exact) mass is 190 g/mol. The average molecular weight is 190 g/mol. The van der Waals surface area contributed by atoms with Gasteiger partial charge < -0.3 is 0 Å². The van der Waals surface area contributed by atoms with Crippen molar-refractivity contribution in [2.75, 3.05) is 0 Å². The Balaban J connectivity index is 0.000000461. The van der Waals surface area contributed by atoms with Gasteiger partial charge in [0, 0.05) is 18.1 Å². The minimum Gasteiger partial charge on any atom is -0.272 e. The summed E-state index contributed by atoms with van der Waals surface area (Å²) in [6, 6.07) is 6.34. The van der Waals surface area contributed by atoms with Crippen LogP contribution in [-0.2, 0) is 6.54 Å². The molecule has 14 heavy (non-hydrogen) atoms. The standard InChI is InChI=1S/C10H12N2.C2H6/c1-3-12-7-9-5-4-8(2)6-10(9)11-12;1-2/h4-7H,3H2,1-2H3;1-2H3. The van der Waals surface area contributed by atoms with Crippen LogP contribution in [0.25, 0.3) is 10.9 Å². The van der Waals surface area contributed by atoms with Crippen molar-refractivity contribution in [3.8, 4) is 0 Å². The number of hydrogen-bond acceptors (Lipinski definition) is 1. The maximum atomic E-state index is 4.41. The number of hydrogen-bond donors (Lipinski definition) is 0. The molecule has 1 aromatic heterocycles. The normalized spacial score (nSPS) is 9.71. The highest BCUT2D eigenvalue weighted by Gasteiger charge is 1.97. The molecule has 2 heteroatoms. The summed E-state index contributed by atoms with van der Waals surface area (Å²) in [6.45, 7) is 9.12. The van der Waals surface area contributed by atoms with E-state index in [0.717, 1.165) is 12.1 Å². The van der Waals surface area contributed by atoms with Crippen LogP contribution in [0.1, 0.15) is 26.3 Å². The zero-order valence-electron chi connectivity index (χ0n) is 9.41. The van der Waals surface area contributed by atoms with Crippen LogP contribution in [0.15, 0.2) is 24.4 Å². The molecule has 0 aliphatic heterocycles. The van der Waals surface area contributed by atoms with Gasteiger partial charge in [-0.05, 0) is 25.5 Å². The van der Waals surface area contributed by atoms with Gasteiger partial charge in [0.2, 0.25) is 0 Å². The second-order valence-electron chi connectivity index (χ2n) is 3.05. The summed E-state index contributed by atoms with van der Waals surface area (Å²) < 4.78 is 1.96. The van der Waals surface area contributed by atoms with Crippen molar-refractivity contribution < 1.29 is 0 Å². The minimum absolute atomic E-state index is 0.938. The molecule has 0 unspecified atom stereocenters. The summed E-state index contributed by atoms with van der Waals surface area (Å²) in [4.78, 5) is 0. The Morgan fingerprint density at radius 1 is 1.29 bits per heavy atom. The molecule has 76 valence electrons. The smallest absolute Gasteiger partial charge is 0.0925 e. The summed E-state index contributed by atoms with van der Waals surface area (Å²) in [6.07, 6.45) is 2.08. The van der Waals surface area contributed by atoms with E-state index in [1.54, 1.807) is 0 Å². The molecule has 0 fully saturated rings. The Morgan fingerprint density at radius 3 is 2.64 bits per heavy atom. The molecule has 0 radical (unpaired) electrons. The highest BCUT2D eigenvalue weighted by molar-refractivity contribution is 5.78. The van der Waals surface area contributed by atoms with Crippen LogP contribution in [-0.4, -0.2) is 9.78 Å². The fourth-order valence-electron chi connectivity index (χ4n) is 1.34. The van der Waals surface area contributed by atoms with Gasteiger partial charge >= 0.3 is 0 Å². The highest BCUT2D eigenvalue weighted by Crippen LogP contribution is 2.13. The number of fused-ring (bicyclic) bond motifs is 1. The summed E-state index contributed by atoms with van der Waals surface area (Å²) >= 11 is 0. The number of aromatic nitrogens is 2. The van der Waals surface area contributed by atoms with Crippen molar-refractivity contribution in [3.05, 3.63) is 30.0 Å². The van der Waals surface area contributed by atoms with Gasteiger partial charge in [-0.15, -0.1) is 0 Å². The fourth-order valence-corrected chi connectivity index (χ4v) is 1.34. The summed E-state index contributed by atoms with van der Waals surface area (Å²) in [5.41, 5.74) is 2.36. The maximum absolute atomic E-state index is 4.41. The van der Waals surface area contributed by atoms with Gasteiger partial charge in [-0.1, -0.05) is 26.0 Å². The van der Waals surface area contributed by atoms with Gasteiger partial charge in [0.1, 0.15) is 0 Å². The number of benzene rings is 1. The predicted octanol–water partition coefficient (Wildman–Crippen LogP) is 3.39. The molecule has 0 saturated carbocycles. The lowest BCUT2D eigenvalue weighted by Crippen LogP contribution is -1.92. The molecule has 2 nitrogen and oxygen atoms in total. The number of aryl methyl sites for hydroxylation is 2.